The fraction of sp³-hybridized carbons (Fsp3) is 0.143. The summed E-state index contributed by atoms with van der Waals surface area (Å²) >= 11 is 5.50. The minimum Gasteiger partial charge on any atom is -0.871 e. The Morgan fingerprint density at radius 3 is 2.55 bits per heavy atom. The smallest absolute Gasteiger partial charge is 0.871 e. The first-order chi connectivity index (χ1) is 4.74. The Bertz CT molecular complexity index is 240. The monoisotopic (exact) mass is 196 g/mol. The zero-order valence-electron chi connectivity index (χ0n) is 6.43. The first-order valence-electron chi connectivity index (χ1n) is 2.74. The molecule has 0 spiro atoms. The molecule has 2 nitrogen and oxygen atoms in total. The zero-order chi connectivity index (χ0) is 7.56. The van der Waals surface area contributed by atoms with Gasteiger partial charge in [-0.1, -0.05) is 23.4 Å². The van der Waals surface area contributed by atoms with Crippen LogP contribution in [0.3, 0.4) is 0 Å². The topological polar surface area (TPSA) is 32.3 Å². The molecule has 1 aromatic carbocycles. The van der Waals surface area contributed by atoms with E-state index < -0.39 is 0 Å². The minimum absolute atomic E-state index is 0. The zero-order valence-corrected chi connectivity index (χ0v) is 10.3. The van der Waals surface area contributed by atoms with E-state index in [1.54, 1.807) is 6.07 Å². The average molecular weight is 197 g/mol. The first-order valence-corrected chi connectivity index (χ1v) is 3.12. The molecule has 0 aliphatic carbocycles. The van der Waals surface area contributed by atoms with Crippen molar-refractivity contribution in [1.29, 1.82) is 0 Å². The number of benzene rings is 1. The number of rotatable bonds is 1. The molecular weight excluding hydrogens is 191 g/mol. The van der Waals surface area contributed by atoms with Crippen molar-refractivity contribution in [2.75, 3.05) is 7.11 Å². The molecule has 0 radical (unpaired) electrons. The van der Waals surface area contributed by atoms with Gasteiger partial charge >= 0.3 is 51.4 Å². The number of hydrogen-bond acceptors (Lipinski definition) is 2. The Balaban J connectivity index is 0.000001000. The van der Waals surface area contributed by atoms with Crippen molar-refractivity contribution < 1.29 is 61.2 Å². The van der Waals surface area contributed by atoms with Crippen LogP contribution in [0.1, 0.15) is 0 Å². The van der Waals surface area contributed by atoms with Crippen LogP contribution in [0.15, 0.2) is 18.2 Å². The van der Waals surface area contributed by atoms with Crippen molar-refractivity contribution in [2.24, 2.45) is 0 Å². The quantitative estimate of drug-likeness (QED) is 0.509. The molecule has 1 rings (SSSR count). The van der Waals surface area contributed by atoms with Gasteiger partial charge in [-0.25, -0.2) is 0 Å². The van der Waals surface area contributed by atoms with E-state index in [1.807, 2.05) is 0 Å². The van der Waals surface area contributed by atoms with Crippen LogP contribution in [0.25, 0.3) is 0 Å². The summed E-state index contributed by atoms with van der Waals surface area (Å²) in [6, 6.07) is 4.44. The molecule has 0 unspecified atom stereocenters. The van der Waals surface area contributed by atoms with Gasteiger partial charge in [-0.05, 0) is 12.1 Å². The van der Waals surface area contributed by atoms with Crippen molar-refractivity contribution in [1.82, 2.24) is 0 Å². The predicted octanol–water partition coefficient (Wildman–Crippen LogP) is -1.57. The van der Waals surface area contributed by atoms with Crippen LogP contribution in [-0.4, -0.2) is 7.11 Å². The van der Waals surface area contributed by atoms with E-state index in [-0.39, 0.29) is 62.2 Å². The van der Waals surface area contributed by atoms with Crippen molar-refractivity contribution in [3.8, 4) is 11.5 Å². The average Bonchev–Trinajstić information content (AvgIpc) is 1.95. The second kappa shape index (κ2) is 5.40. The molecule has 0 aromatic heterocycles. The van der Waals surface area contributed by atoms with Gasteiger partial charge < -0.3 is 9.84 Å². The summed E-state index contributed by atoms with van der Waals surface area (Å²) < 4.78 is 4.83. The van der Waals surface area contributed by atoms with Crippen molar-refractivity contribution >= 4 is 11.6 Å². The summed E-state index contributed by atoms with van der Waals surface area (Å²) in [7, 11) is 1.52. The van der Waals surface area contributed by atoms with Crippen LogP contribution in [-0.2, 0) is 0 Å². The van der Waals surface area contributed by atoms with Gasteiger partial charge in [0.1, 0.15) is 5.75 Å². The summed E-state index contributed by atoms with van der Waals surface area (Å²) in [5.41, 5.74) is 0. The normalized spacial score (nSPS) is 8.55. The molecular formula is C7H6ClKO2. The Labute approximate surface area is 113 Å². The standard InChI is InChI=1S/C7H7ClO2.K/c1-10-5-2-3-7(9)6(8)4-5;/h2-4,9H,1H3;/q;+1/p-1. The van der Waals surface area contributed by atoms with Gasteiger partial charge in [0.25, 0.3) is 0 Å². The molecule has 1 aromatic rings. The van der Waals surface area contributed by atoms with Gasteiger partial charge in [0.05, 0.1) is 7.11 Å². The van der Waals surface area contributed by atoms with E-state index in [1.165, 1.54) is 19.2 Å². The molecule has 4 heteroatoms. The first kappa shape index (κ1) is 11.7. The summed E-state index contributed by atoms with van der Waals surface area (Å²) in [6.07, 6.45) is 0. The molecule has 0 N–H and O–H groups in total. The molecule has 0 heterocycles. The molecule has 0 saturated heterocycles. The van der Waals surface area contributed by atoms with Crippen LogP contribution in [0.5, 0.6) is 11.5 Å². The molecule has 0 aliphatic heterocycles. The molecule has 0 amide bonds. The SMILES string of the molecule is COc1ccc([O-])c(Cl)c1.[K+]. The molecule has 11 heavy (non-hydrogen) atoms. The maximum absolute atomic E-state index is 10.7. The van der Waals surface area contributed by atoms with Gasteiger partial charge in [0.2, 0.25) is 0 Å². The van der Waals surface area contributed by atoms with E-state index in [0.717, 1.165) is 0 Å². The predicted molar refractivity (Wildman–Crippen MR) is 37.5 cm³/mol. The number of halogens is 1. The largest absolute Gasteiger partial charge is 1.00 e. The van der Waals surface area contributed by atoms with Crippen molar-refractivity contribution in [2.45, 2.75) is 0 Å². The van der Waals surface area contributed by atoms with Crippen LogP contribution in [0, 0.1) is 0 Å². The molecule has 54 valence electrons. The third-order valence-electron chi connectivity index (χ3n) is 1.14. The van der Waals surface area contributed by atoms with Crippen LogP contribution in [0.4, 0.5) is 0 Å². The van der Waals surface area contributed by atoms with Crippen LogP contribution >= 0.6 is 11.6 Å². The van der Waals surface area contributed by atoms with E-state index in [4.69, 9.17) is 16.3 Å². The molecule has 0 fully saturated rings. The summed E-state index contributed by atoms with van der Waals surface area (Å²) in [4.78, 5) is 0. The second-order valence-corrected chi connectivity index (χ2v) is 2.20. The van der Waals surface area contributed by atoms with Gasteiger partial charge in [-0.2, -0.15) is 0 Å². The summed E-state index contributed by atoms with van der Waals surface area (Å²) in [5.74, 6) is 0.423. The molecule has 0 bridgehead atoms. The molecule has 0 saturated carbocycles. The van der Waals surface area contributed by atoms with E-state index >= 15 is 0 Å². The van der Waals surface area contributed by atoms with Crippen LogP contribution < -0.4 is 61.2 Å². The van der Waals surface area contributed by atoms with Crippen molar-refractivity contribution in [3.05, 3.63) is 23.2 Å². The van der Waals surface area contributed by atoms with E-state index in [9.17, 15) is 5.11 Å². The van der Waals surface area contributed by atoms with Gasteiger partial charge in [-0.15, -0.1) is 0 Å². The van der Waals surface area contributed by atoms with Gasteiger partial charge in [0, 0.05) is 5.02 Å². The fourth-order valence-electron chi connectivity index (χ4n) is 0.609. The Morgan fingerprint density at radius 1 is 1.45 bits per heavy atom. The number of methoxy groups -OCH3 is 1. The third kappa shape index (κ3) is 3.32. The van der Waals surface area contributed by atoms with Gasteiger partial charge in [0.15, 0.2) is 0 Å². The number of hydrogen-bond donors (Lipinski definition) is 0. The maximum atomic E-state index is 10.7. The van der Waals surface area contributed by atoms with Crippen LogP contribution in [0.2, 0.25) is 5.02 Å². The molecule has 0 atom stereocenters. The van der Waals surface area contributed by atoms with Gasteiger partial charge in [-0.3, -0.25) is 0 Å². The maximum Gasteiger partial charge on any atom is 1.00 e. The Morgan fingerprint density at radius 2 is 2.09 bits per heavy atom. The number of ether oxygens (including phenoxy) is 1. The second-order valence-electron chi connectivity index (χ2n) is 1.80. The van der Waals surface area contributed by atoms with E-state index in [2.05, 4.69) is 0 Å². The Kier molecular flexibility index (Phi) is 5.77. The summed E-state index contributed by atoms with van der Waals surface area (Å²) in [5, 5.41) is 10.9. The van der Waals surface area contributed by atoms with Crippen molar-refractivity contribution in [3.63, 3.8) is 0 Å². The fourth-order valence-corrected chi connectivity index (χ4v) is 0.779. The summed E-state index contributed by atoms with van der Waals surface area (Å²) in [6.45, 7) is 0. The minimum atomic E-state index is -0.178. The molecule has 0 aliphatic rings. The third-order valence-corrected chi connectivity index (χ3v) is 1.43. The Hall–Kier alpha value is 0.746. The van der Waals surface area contributed by atoms with E-state index in [0.29, 0.717) is 5.75 Å².